The van der Waals surface area contributed by atoms with Gasteiger partial charge >= 0.3 is 5.97 Å². The van der Waals surface area contributed by atoms with Gasteiger partial charge in [0.15, 0.2) is 12.4 Å². The number of aliphatic hydroxyl groups excluding tert-OH is 5. The fourth-order valence-electron chi connectivity index (χ4n) is 8.12. The molecular formula is C63H103NO10. The average molecular weight is 1030 g/mol. The van der Waals surface area contributed by atoms with Crippen LogP contribution in [-0.2, 0) is 23.8 Å². The van der Waals surface area contributed by atoms with Gasteiger partial charge in [-0.05, 0) is 89.9 Å². The van der Waals surface area contributed by atoms with Crippen LogP contribution in [0.2, 0.25) is 0 Å². The van der Waals surface area contributed by atoms with E-state index in [1.165, 1.54) is 64.2 Å². The lowest BCUT2D eigenvalue weighted by atomic mass is 9.99. The Balaban J connectivity index is 2.80. The Labute approximate surface area is 449 Å². The molecule has 420 valence electrons. The summed E-state index contributed by atoms with van der Waals surface area (Å²) in [5.41, 5.74) is 0. The standard InChI is InChI=1S/C63H103NO10/c1-4-7-10-13-16-19-22-25-27-28-29-31-32-35-38-41-44-47-50-56(67)62(71)64-54(55(66)49-46-43-40-37-34-24-21-18-15-12-9-6-3)53-72-63-61(60(70)59(69)57(52-65)73-63)74-58(68)51-48-45-42-39-36-33-30-26-23-20-17-14-11-8-5-2/h8,11,14,16-17,19-20,23,25-27,29-31,33,35-36,38,46,49,54-57,59-61,63,65-67,69-70H,4-7,9-10,12-13,15,18,21-22,24,28,32,34,37,39-45,47-48,50-53H2,1-3H3,(H,64,71)/b11-8+,17-14+,19-16-,23-20-,27-25-,30-26-,31-29-,36-33+,38-35-,49-46+. The number of aliphatic hydroxyl groups is 5. The number of amides is 1. The number of unbranched alkanes of at least 4 members (excludes halogenated alkanes) is 18. The van der Waals surface area contributed by atoms with Crippen molar-refractivity contribution >= 4 is 11.9 Å². The van der Waals surface area contributed by atoms with E-state index in [2.05, 4.69) is 86.8 Å². The fraction of sp³-hybridized carbons (Fsp3) is 0.651. The van der Waals surface area contributed by atoms with Crippen LogP contribution in [0.15, 0.2) is 122 Å². The molecule has 6 N–H and O–H groups in total. The number of carbonyl (C=O) groups is 2. The number of carbonyl (C=O) groups excluding carboxylic acids is 2. The molecule has 1 rings (SSSR count). The maximum Gasteiger partial charge on any atom is 0.306 e. The zero-order chi connectivity index (χ0) is 54.0. The van der Waals surface area contributed by atoms with Crippen molar-refractivity contribution in [3.63, 3.8) is 0 Å². The van der Waals surface area contributed by atoms with Crippen LogP contribution in [0, 0.1) is 0 Å². The summed E-state index contributed by atoms with van der Waals surface area (Å²) in [5.74, 6) is -1.28. The van der Waals surface area contributed by atoms with Gasteiger partial charge in [0.05, 0.1) is 25.4 Å². The van der Waals surface area contributed by atoms with Crippen molar-refractivity contribution < 1.29 is 49.3 Å². The highest BCUT2D eigenvalue weighted by Gasteiger charge is 2.47. The quantitative estimate of drug-likeness (QED) is 0.0149. The first-order valence-electron chi connectivity index (χ1n) is 28.9. The lowest BCUT2D eigenvalue weighted by Gasteiger charge is -2.41. The second kappa shape index (κ2) is 49.9. The third kappa shape index (κ3) is 37.7. The van der Waals surface area contributed by atoms with Gasteiger partial charge in [-0.1, -0.05) is 226 Å². The normalized spacial score (nSPS) is 20.2. The van der Waals surface area contributed by atoms with Crippen LogP contribution < -0.4 is 5.32 Å². The molecule has 1 heterocycles. The van der Waals surface area contributed by atoms with Crippen LogP contribution in [0.4, 0.5) is 0 Å². The van der Waals surface area contributed by atoms with Crippen molar-refractivity contribution in [1.29, 1.82) is 0 Å². The molecule has 0 bridgehead atoms. The molecule has 0 aromatic rings. The molecule has 8 unspecified atom stereocenters. The Morgan fingerprint density at radius 2 is 1.03 bits per heavy atom. The molecule has 0 aromatic heterocycles. The zero-order valence-corrected chi connectivity index (χ0v) is 46.2. The summed E-state index contributed by atoms with van der Waals surface area (Å²) in [7, 11) is 0. The average Bonchev–Trinajstić information content (AvgIpc) is 3.40. The maximum atomic E-state index is 13.4. The van der Waals surface area contributed by atoms with Gasteiger partial charge in [0.1, 0.15) is 24.4 Å². The lowest BCUT2D eigenvalue weighted by Crippen LogP contribution is -2.61. The van der Waals surface area contributed by atoms with Crippen LogP contribution in [0.25, 0.3) is 0 Å². The predicted octanol–water partition coefficient (Wildman–Crippen LogP) is 13.1. The summed E-state index contributed by atoms with van der Waals surface area (Å²) in [6.45, 7) is 5.54. The highest BCUT2D eigenvalue weighted by molar-refractivity contribution is 5.80. The molecule has 1 amide bonds. The zero-order valence-electron chi connectivity index (χ0n) is 46.2. The first-order valence-corrected chi connectivity index (χ1v) is 28.9. The van der Waals surface area contributed by atoms with Crippen LogP contribution in [0.1, 0.15) is 201 Å². The van der Waals surface area contributed by atoms with Crippen LogP contribution in [0.5, 0.6) is 0 Å². The van der Waals surface area contributed by atoms with Crippen molar-refractivity contribution in [3.8, 4) is 0 Å². The molecule has 8 atom stereocenters. The van der Waals surface area contributed by atoms with E-state index in [4.69, 9.17) is 14.2 Å². The first kappa shape index (κ1) is 68.1. The van der Waals surface area contributed by atoms with Gasteiger partial charge in [0.25, 0.3) is 0 Å². The SMILES string of the molecule is CC/C=C/C=C/C=C\C=C/C=C/CCCCCC(=O)OC1C(OCC(NC(=O)C(O)CCCC/C=C\C/C=C\C/C=C\C/C=C\CCCCC)C(O)/C=C/CCCCCCCCCCCC)OC(CO)C(O)C1O. The number of ether oxygens (including phenoxy) is 3. The van der Waals surface area contributed by atoms with Crippen LogP contribution in [0.3, 0.4) is 0 Å². The molecule has 0 aromatic carbocycles. The Morgan fingerprint density at radius 3 is 1.61 bits per heavy atom. The van der Waals surface area contributed by atoms with E-state index >= 15 is 0 Å². The van der Waals surface area contributed by atoms with E-state index in [-0.39, 0.29) is 19.4 Å². The smallest absolute Gasteiger partial charge is 0.306 e. The maximum absolute atomic E-state index is 13.4. The van der Waals surface area contributed by atoms with Crippen molar-refractivity contribution in [2.45, 2.75) is 250 Å². The predicted molar refractivity (Wildman–Crippen MR) is 305 cm³/mol. The molecule has 74 heavy (non-hydrogen) atoms. The van der Waals surface area contributed by atoms with Gasteiger partial charge < -0.3 is 45.1 Å². The Hall–Kier alpha value is -3.94. The van der Waals surface area contributed by atoms with Crippen molar-refractivity contribution in [2.24, 2.45) is 0 Å². The summed E-state index contributed by atoms with van der Waals surface area (Å²) < 4.78 is 17.5. The molecule has 1 aliphatic heterocycles. The highest BCUT2D eigenvalue weighted by atomic mass is 16.7. The number of esters is 1. The molecule has 0 spiro atoms. The molecule has 0 radical (unpaired) electrons. The van der Waals surface area contributed by atoms with Crippen molar-refractivity contribution in [1.82, 2.24) is 5.32 Å². The second-order valence-electron chi connectivity index (χ2n) is 19.4. The summed E-state index contributed by atoms with van der Waals surface area (Å²) in [5, 5.41) is 56.8. The Kier molecular flexibility index (Phi) is 45.9. The van der Waals surface area contributed by atoms with Gasteiger partial charge in [0.2, 0.25) is 5.91 Å². The number of nitrogens with one attached hydrogen (secondary N) is 1. The molecule has 0 saturated carbocycles. The molecular weight excluding hydrogens is 931 g/mol. The minimum atomic E-state index is -1.64. The van der Waals surface area contributed by atoms with E-state index in [1.54, 1.807) is 6.08 Å². The monoisotopic (exact) mass is 1030 g/mol. The van der Waals surface area contributed by atoms with Crippen molar-refractivity contribution in [2.75, 3.05) is 13.2 Å². The molecule has 1 saturated heterocycles. The molecule has 0 aliphatic carbocycles. The second-order valence-corrected chi connectivity index (χ2v) is 19.4. The van der Waals surface area contributed by atoms with E-state index < -0.39 is 67.4 Å². The Morgan fingerprint density at radius 1 is 0.554 bits per heavy atom. The van der Waals surface area contributed by atoms with Crippen molar-refractivity contribution in [3.05, 3.63) is 122 Å². The molecule has 11 nitrogen and oxygen atoms in total. The summed E-state index contributed by atoms with van der Waals surface area (Å²) in [4.78, 5) is 26.4. The topological polar surface area (TPSA) is 175 Å². The number of hydrogen-bond acceptors (Lipinski definition) is 10. The summed E-state index contributed by atoms with van der Waals surface area (Å²) in [6.07, 6.45) is 58.1. The van der Waals surface area contributed by atoms with Gasteiger partial charge in [-0.3, -0.25) is 9.59 Å². The van der Waals surface area contributed by atoms with E-state index in [9.17, 15) is 35.1 Å². The van der Waals surface area contributed by atoms with E-state index in [0.717, 1.165) is 89.9 Å². The minimum absolute atomic E-state index is 0.0630. The van der Waals surface area contributed by atoms with Crippen LogP contribution >= 0.6 is 0 Å². The number of allylic oxidation sites excluding steroid dienone is 19. The largest absolute Gasteiger partial charge is 0.454 e. The van der Waals surface area contributed by atoms with Crippen LogP contribution in [-0.4, -0.2) is 99.6 Å². The molecule has 1 fully saturated rings. The third-order valence-electron chi connectivity index (χ3n) is 12.7. The first-order chi connectivity index (χ1) is 36.2. The fourth-order valence-corrected chi connectivity index (χ4v) is 8.12. The number of hydrogen-bond donors (Lipinski definition) is 6. The molecule has 11 heteroatoms. The van der Waals surface area contributed by atoms with E-state index in [0.29, 0.717) is 12.8 Å². The Bertz CT molecular complexity index is 1660. The third-order valence-corrected chi connectivity index (χ3v) is 12.7. The van der Waals surface area contributed by atoms with E-state index in [1.807, 2.05) is 54.7 Å². The van der Waals surface area contributed by atoms with Gasteiger partial charge in [0, 0.05) is 6.42 Å². The highest BCUT2D eigenvalue weighted by Crippen LogP contribution is 2.26. The van der Waals surface area contributed by atoms with Gasteiger partial charge in [-0.25, -0.2) is 0 Å². The summed E-state index contributed by atoms with van der Waals surface area (Å²) >= 11 is 0. The number of rotatable bonds is 46. The summed E-state index contributed by atoms with van der Waals surface area (Å²) in [6, 6.07) is -1.06. The van der Waals surface area contributed by atoms with Gasteiger partial charge in [-0.2, -0.15) is 0 Å². The van der Waals surface area contributed by atoms with Gasteiger partial charge in [-0.15, -0.1) is 0 Å². The minimum Gasteiger partial charge on any atom is -0.454 e. The lowest BCUT2D eigenvalue weighted by molar-refractivity contribution is -0.305. The molecule has 1 aliphatic rings.